The quantitative estimate of drug-likeness (QED) is 0.245. The number of pyridine rings is 1. The molecular weight excluding hydrogens is 473 g/mol. The lowest BCUT2D eigenvalue weighted by molar-refractivity contribution is -0.220. The summed E-state index contributed by atoms with van der Waals surface area (Å²) >= 11 is 0. The molecule has 4 N–H and O–H groups in total. The van der Waals surface area contributed by atoms with Crippen molar-refractivity contribution < 1.29 is 41.3 Å². The molecule has 3 heterocycles. The molecule has 1 atom stereocenters. The number of methoxy groups -OCH3 is 1. The number of hydrogen-bond acceptors (Lipinski definition) is 10. The van der Waals surface area contributed by atoms with Crippen LogP contribution >= 0.6 is 0 Å². The summed E-state index contributed by atoms with van der Waals surface area (Å²) < 4.78 is 72.7. The Morgan fingerprint density at radius 1 is 1.24 bits per heavy atom. The lowest BCUT2D eigenvalue weighted by atomic mass is 10.1. The minimum atomic E-state index is -5.25. The van der Waals surface area contributed by atoms with Crippen molar-refractivity contribution in [2.75, 3.05) is 18.2 Å². The number of halogens is 5. The lowest BCUT2D eigenvalue weighted by Gasteiger charge is -2.13. The number of ether oxygens (including phenoxy) is 2. The Hall–Kier alpha value is -4.08. The molecule has 0 saturated carbocycles. The molecule has 0 bridgehead atoms. The van der Waals surface area contributed by atoms with Crippen molar-refractivity contribution in [3.05, 3.63) is 36.5 Å². The molecule has 0 aliphatic heterocycles. The Morgan fingerprint density at radius 2 is 1.97 bits per heavy atom. The molecule has 182 valence electrons. The van der Waals surface area contributed by atoms with Crippen molar-refractivity contribution in [3.63, 3.8) is 0 Å². The number of aliphatic hydroxyl groups is 1. The molecule has 0 spiro atoms. The fourth-order valence-electron chi connectivity index (χ4n) is 2.66. The average molecular weight is 489 g/mol. The van der Waals surface area contributed by atoms with Crippen LogP contribution in [0.2, 0.25) is 0 Å². The van der Waals surface area contributed by atoms with Crippen LogP contribution in [-0.2, 0) is 16.1 Å². The van der Waals surface area contributed by atoms with Crippen LogP contribution in [0.15, 0.2) is 30.7 Å². The summed E-state index contributed by atoms with van der Waals surface area (Å²) in [6.45, 7) is -0.571. The van der Waals surface area contributed by atoms with E-state index in [4.69, 9.17) is 10.5 Å². The molecule has 0 saturated heterocycles. The summed E-state index contributed by atoms with van der Waals surface area (Å²) in [4.78, 5) is 22.0. The summed E-state index contributed by atoms with van der Waals surface area (Å²) in [6, 6.07) is 2.65. The van der Waals surface area contributed by atoms with Crippen molar-refractivity contribution in [2.45, 2.75) is 25.4 Å². The highest BCUT2D eigenvalue weighted by Crippen LogP contribution is 2.32. The van der Waals surface area contributed by atoms with E-state index in [0.717, 1.165) is 4.68 Å². The Morgan fingerprint density at radius 3 is 2.62 bits per heavy atom. The predicted molar refractivity (Wildman–Crippen MR) is 105 cm³/mol. The first-order chi connectivity index (χ1) is 16.0. The highest BCUT2D eigenvalue weighted by Gasteiger charge is 2.42. The maximum Gasteiger partial charge on any atom is 0.491 e. The van der Waals surface area contributed by atoms with Gasteiger partial charge in [-0.05, 0) is 0 Å². The van der Waals surface area contributed by atoms with Gasteiger partial charge in [0.1, 0.15) is 29.7 Å². The molecule has 3 rings (SSSR count). The molecule has 0 aliphatic rings. The van der Waals surface area contributed by atoms with Crippen molar-refractivity contribution in [3.8, 4) is 16.9 Å². The first kappa shape index (κ1) is 24.6. The first-order valence-electron chi connectivity index (χ1n) is 9.18. The first-order valence-corrected chi connectivity index (χ1v) is 9.18. The van der Waals surface area contributed by atoms with Gasteiger partial charge >= 0.3 is 12.1 Å². The minimum Gasteiger partial charge on any atom is -0.496 e. The number of nitrogens with one attached hydrogen (secondary N) is 1. The molecule has 16 heteroatoms. The number of aliphatic hydroxyl groups excluding tert-OH is 1. The van der Waals surface area contributed by atoms with Crippen LogP contribution in [0.5, 0.6) is 5.75 Å². The number of carbonyl (C=O) groups excluding carboxylic acids is 1. The van der Waals surface area contributed by atoms with Gasteiger partial charge in [0, 0.05) is 35.7 Å². The predicted octanol–water partition coefficient (Wildman–Crippen LogP) is 2.43. The van der Waals surface area contributed by atoms with Crippen LogP contribution in [0.4, 0.5) is 39.4 Å². The number of hydrogen-bond donors (Lipinski definition) is 3. The van der Waals surface area contributed by atoms with E-state index in [9.17, 15) is 31.9 Å². The van der Waals surface area contributed by atoms with Gasteiger partial charge in [-0.2, -0.15) is 18.3 Å². The van der Waals surface area contributed by atoms with E-state index in [1.54, 1.807) is 0 Å². The molecular formula is C18H16F5N7O4. The zero-order valence-corrected chi connectivity index (χ0v) is 17.1. The summed E-state index contributed by atoms with van der Waals surface area (Å²) in [5, 5.41) is 16.1. The zero-order chi connectivity index (χ0) is 25.0. The number of aromatic nitrogens is 5. The van der Waals surface area contributed by atoms with Crippen LogP contribution in [0.25, 0.3) is 11.1 Å². The number of nitrogens with two attached hydrogens (primary N) is 1. The molecule has 1 unspecified atom stereocenters. The second-order valence-corrected chi connectivity index (χ2v) is 6.54. The van der Waals surface area contributed by atoms with Gasteiger partial charge in [0.05, 0.1) is 13.3 Å². The van der Waals surface area contributed by atoms with Gasteiger partial charge in [-0.15, -0.1) is 0 Å². The fraction of sp³-hybridized carbons (Fsp3) is 0.278. The number of nitrogens with zero attached hydrogens (tertiary/aromatic N) is 5. The van der Waals surface area contributed by atoms with E-state index >= 15 is 0 Å². The van der Waals surface area contributed by atoms with Crippen LogP contribution in [0.3, 0.4) is 0 Å². The van der Waals surface area contributed by atoms with Crippen LogP contribution in [0.1, 0.15) is 12.2 Å². The molecule has 0 aromatic carbocycles. The molecule has 0 aliphatic carbocycles. The van der Waals surface area contributed by atoms with Gasteiger partial charge in [0.15, 0.2) is 5.82 Å². The van der Waals surface area contributed by atoms with Crippen LogP contribution in [-0.4, -0.2) is 55.4 Å². The second kappa shape index (κ2) is 9.82. The molecule has 0 radical (unpaired) electrons. The average Bonchev–Trinajstić information content (AvgIpc) is 3.20. The maximum absolute atomic E-state index is 12.9. The lowest BCUT2D eigenvalue weighted by Crippen LogP contribution is -2.32. The van der Waals surface area contributed by atoms with Gasteiger partial charge in [0.25, 0.3) is 6.43 Å². The zero-order valence-electron chi connectivity index (χ0n) is 17.1. The minimum absolute atomic E-state index is 0.0275. The van der Waals surface area contributed by atoms with E-state index < -0.39 is 37.2 Å². The van der Waals surface area contributed by atoms with Crippen molar-refractivity contribution in [1.29, 1.82) is 0 Å². The van der Waals surface area contributed by atoms with Gasteiger partial charge < -0.3 is 25.6 Å². The van der Waals surface area contributed by atoms with Crippen molar-refractivity contribution in [1.82, 2.24) is 24.7 Å². The van der Waals surface area contributed by atoms with Gasteiger partial charge in [-0.1, -0.05) is 0 Å². The highest BCUT2D eigenvalue weighted by atomic mass is 19.4. The number of anilines is 3. The normalized spacial score (nSPS) is 12.5. The summed E-state index contributed by atoms with van der Waals surface area (Å²) in [6.07, 6.45) is -6.26. The Labute approximate surface area is 187 Å². The molecule has 0 fully saturated rings. The number of rotatable bonds is 8. The largest absolute Gasteiger partial charge is 0.496 e. The van der Waals surface area contributed by atoms with Crippen molar-refractivity contribution in [2.24, 2.45) is 0 Å². The third-order valence-electron chi connectivity index (χ3n) is 4.06. The summed E-state index contributed by atoms with van der Waals surface area (Å²) in [5.74, 6) is -3.07. The summed E-state index contributed by atoms with van der Waals surface area (Å²) in [7, 11) is 1.35. The molecule has 3 aromatic heterocycles. The van der Waals surface area contributed by atoms with Gasteiger partial charge in [-0.25, -0.2) is 28.5 Å². The fourth-order valence-corrected chi connectivity index (χ4v) is 2.66. The van der Waals surface area contributed by atoms with E-state index in [1.807, 2.05) is 0 Å². The third kappa shape index (κ3) is 6.03. The molecule has 0 amide bonds. The molecule has 3 aromatic rings. The standard InChI is InChI=1S/C18H16F5N7O4/c1-33-10-2-12(28-13-3-11(24)27-16(29-13)15(19)20)25-5-9(10)8-4-26-30(6-8)7-14(31)34-17(32)18(21,22)23/h2-6,14-15,31H,7H2,1H3,(H3,24,25,27,28,29). The van der Waals surface area contributed by atoms with Gasteiger partial charge in [-0.3, -0.25) is 4.68 Å². The number of esters is 1. The monoisotopic (exact) mass is 489 g/mol. The second-order valence-electron chi connectivity index (χ2n) is 6.54. The number of carbonyl (C=O) groups is 1. The molecule has 11 nitrogen and oxygen atoms in total. The Bertz CT molecular complexity index is 1170. The number of alkyl halides is 5. The molecule has 34 heavy (non-hydrogen) atoms. The number of nitrogen functional groups attached to an aromatic ring is 1. The van der Waals surface area contributed by atoms with E-state index in [2.05, 4.69) is 30.1 Å². The van der Waals surface area contributed by atoms with Gasteiger partial charge in [0.2, 0.25) is 6.29 Å². The Balaban J connectivity index is 1.75. The maximum atomic E-state index is 12.9. The van der Waals surface area contributed by atoms with E-state index in [1.165, 1.54) is 37.8 Å². The van der Waals surface area contributed by atoms with E-state index in [0.29, 0.717) is 11.1 Å². The van der Waals surface area contributed by atoms with E-state index in [-0.39, 0.29) is 23.2 Å². The topological polar surface area (TPSA) is 150 Å². The smallest absolute Gasteiger partial charge is 0.491 e. The SMILES string of the molecule is COc1cc(Nc2cc(N)nc(C(F)F)n2)ncc1-c1cnn(CC(O)OC(=O)C(F)(F)F)c1. The van der Waals surface area contributed by atoms with Crippen molar-refractivity contribution >= 4 is 23.4 Å². The highest BCUT2D eigenvalue weighted by molar-refractivity contribution is 5.75. The van der Waals surface area contributed by atoms with Crippen LogP contribution < -0.4 is 15.8 Å². The van der Waals surface area contributed by atoms with Crippen LogP contribution in [0, 0.1) is 0 Å². The Kier molecular flexibility index (Phi) is 7.09. The third-order valence-corrected chi connectivity index (χ3v) is 4.06. The summed E-state index contributed by atoms with van der Waals surface area (Å²) in [5.41, 5.74) is 6.31.